The highest BCUT2D eigenvalue weighted by Crippen LogP contribution is 1.99. The third kappa shape index (κ3) is 2.47. The summed E-state index contributed by atoms with van der Waals surface area (Å²) < 4.78 is 0. The summed E-state index contributed by atoms with van der Waals surface area (Å²) in [6, 6.07) is 15.2. The van der Waals surface area contributed by atoms with Gasteiger partial charge in [0.1, 0.15) is 11.8 Å². The van der Waals surface area contributed by atoms with E-state index in [-0.39, 0.29) is 0 Å². The Labute approximate surface area is 94.2 Å². The van der Waals surface area contributed by atoms with E-state index in [2.05, 4.69) is 16.8 Å². The molecule has 0 unspecified atom stereocenters. The molecule has 0 bridgehead atoms. The van der Waals surface area contributed by atoms with Crippen molar-refractivity contribution in [1.29, 1.82) is 5.26 Å². The Hall–Kier alpha value is -2.58. The molecule has 0 saturated carbocycles. The Morgan fingerprint density at radius 2 is 1.69 bits per heavy atom. The standard InChI is InChI=1S/C14H8N2/c15-10-13-7-9-14(16-11-13)8-6-12-4-2-1-3-5-12/h1-5,7,9,11H. The monoisotopic (exact) mass is 204 g/mol. The molecule has 0 atom stereocenters. The molecule has 2 heteroatoms. The van der Waals surface area contributed by atoms with Crippen LogP contribution in [0.15, 0.2) is 48.7 Å². The summed E-state index contributed by atoms with van der Waals surface area (Å²) >= 11 is 0. The molecule has 1 aromatic carbocycles. The van der Waals surface area contributed by atoms with Gasteiger partial charge in [-0.3, -0.25) is 0 Å². The Morgan fingerprint density at radius 3 is 2.31 bits per heavy atom. The van der Waals surface area contributed by atoms with Crippen molar-refractivity contribution in [2.45, 2.75) is 0 Å². The van der Waals surface area contributed by atoms with E-state index < -0.39 is 0 Å². The van der Waals surface area contributed by atoms with E-state index in [9.17, 15) is 0 Å². The van der Waals surface area contributed by atoms with Gasteiger partial charge in [-0.25, -0.2) is 4.98 Å². The van der Waals surface area contributed by atoms with Crippen molar-refractivity contribution in [1.82, 2.24) is 4.98 Å². The number of hydrogen-bond acceptors (Lipinski definition) is 2. The van der Waals surface area contributed by atoms with Crippen molar-refractivity contribution in [2.75, 3.05) is 0 Å². The van der Waals surface area contributed by atoms with E-state index in [1.165, 1.54) is 6.20 Å². The van der Waals surface area contributed by atoms with Crippen LogP contribution in [0.2, 0.25) is 0 Å². The van der Waals surface area contributed by atoms with Crippen molar-refractivity contribution < 1.29 is 0 Å². The molecule has 2 nitrogen and oxygen atoms in total. The molecule has 0 aliphatic rings. The molecular formula is C14H8N2. The SMILES string of the molecule is N#Cc1ccc(C#Cc2ccccc2)nc1. The topological polar surface area (TPSA) is 36.7 Å². The Balaban J connectivity index is 2.22. The summed E-state index contributed by atoms with van der Waals surface area (Å²) in [5, 5.41) is 8.61. The predicted octanol–water partition coefficient (Wildman–Crippen LogP) is 2.35. The van der Waals surface area contributed by atoms with Gasteiger partial charge in [-0.2, -0.15) is 5.26 Å². The first-order valence-corrected chi connectivity index (χ1v) is 4.82. The lowest BCUT2D eigenvalue weighted by atomic mass is 10.2. The first kappa shape index (κ1) is 9.96. The van der Waals surface area contributed by atoms with E-state index in [0.29, 0.717) is 11.3 Å². The van der Waals surface area contributed by atoms with E-state index in [4.69, 9.17) is 5.26 Å². The average Bonchev–Trinajstić information content (AvgIpc) is 2.38. The minimum atomic E-state index is 0.547. The number of pyridine rings is 1. The molecule has 0 fully saturated rings. The van der Waals surface area contributed by atoms with Crippen LogP contribution in [0.5, 0.6) is 0 Å². The first-order chi connectivity index (χ1) is 7.88. The highest BCUT2D eigenvalue weighted by Gasteiger charge is 1.90. The van der Waals surface area contributed by atoms with Crippen LogP contribution < -0.4 is 0 Å². The molecule has 0 aliphatic heterocycles. The minimum absolute atomic E-state index is 0.547. The highest BCUT2D eigenvalue weighted by atomic mass is 14.7. The van der Waals surface area contributed by atoms with E-state index in [1.54, 1.807) is 12.1 Å². The molecule has 2 aromatic rings. The number of nitriles is 1. The van der Waals surface area contributed by atoms with Gasteiger partial charge < -0.3 is 0 Å². The van der Waals surface area contributed by atoms with E-state index in [0.717, 1.165) is 5.56 Å². The van der Waals surface area contributed by atoms with Crippen molar-refractivity contribution in [2.24, 2.45) is 0 Å². The van der Waals surface area contributed by atoms with Crippen LogP contribution >= 0.6 is 0 Å². The lowest BCUT2D eigenvalue weighted by Crippen LogP contribution is -1.83. The second kappa shape index (κ2) is 4.77. The quantitative estimate of drug-likeness (QED) is 0.617. The molecule has 0 N–H and O–H groups in total. The van der Waals surface area contributed by atoms with Gasteiger partial charge in [0, 0.05) is 11.8 Å². The third-order valence-corrected chi connectivity index (χ3v) is 2.00. The lowest BCUT2D eigenvalue weighted by Gasteiger charge is -1.89. The Morgan fingerprint density at radius 1 is 0.875 bits per heavy atom. The summed E-state index contributed by atoms with van der Waals surface area (Å²) in [6.45, 7) is 0. The van der Waals surface area contributed by atoms with Gasteiger partial charge >= 0.3 is 0 Å². The maximum Gasteiger partial charge on any atom is 0.113 e. The summed E-state index contributed by atoms with van der Waals surface area (Å²) in [6.07, 6.45) is 1.52. The van der Waals surface area contributed by atoms with Crippen molar-refractivity contribution >= 4 is 0 Å². The predicted molar refractivity (Wildman–Crippen MR) is 61.4 cm³/mol. The molecule has 1 aromatic heterocycles. The summed E-state index contributed by atoms with van der Waals surface area (Å²) in [7, 11) is 0. The van der Waals surface area contributed by atoms with Gasteiger partial charge in [-0.1, -0.05) is 24.1 Å². The fourth-order valence-corrected chi connectivity index (χ4v) is 1.19. The summed E-state index contributed by atoms with van der Waals surface area (Å²) in [5.74, 6) is 5.94. The molecule has 0 radical (unpaired) electrons. The third-order valence-electron chi connectivity index (χ3n) is 2.00. The van der Waals surface area contributed by atoms with Crippen molar-refractivity contribution in [3.05, 3.63) is 65.5 Å². The van der Waals surface area contributed by atoms with Crippen molar-refractivity contribution in [3.63, 3.8) is 0 Å². The lowest BCUT2D eigenvalue weighted by molar-refractivity contribution is 1.27. The molecule has 0 spiro atoms. The average molecular weight is 204 g/mol. The molecule has 0 amide bonds. The summed E-state index contributed by atoms with van der Waals surface area (Å²) in [5.41, 5.74) is 2.17. The van der Waals surface area contributed by atoms with Gasteiger partial charge in [0.05, 0.1) is 5.56 Å². The maximum atomic E-state index is 8.61. The second-order valence-electron chi connectivity index (χ2n) is 3.16. The molecule has 0 saturated heterocycles. The van der Waals surface area contributed by atoms with Crippen LogP contribution in [-0.2, 0) is 0 Å². The second-order valence-corrected chi connectivity index (χ2v) is 3.16. The number of hydrogen-bond donors (Lipinski definition) is 0. The van der Waals surface area contributed by atoms with Crippen molar-refractivity contribution in [3.8, 4) is 17.9 Å². The van der Waals surface area contributed by atoms with E-state index in [1.807, 2.05) is 36.4 Å². The zero-order valence-corrected chi connectivity index (χ0v) is 8.51. The fraction of sp³-hybridized carbons (Fsp3) is 0. The first-order valence-electron chi connectivity index (χ1n) is 4.82. The molecule has 16 heavy (non-hydrogen) atoms. The van der Waals surface area contributed by atoms with Crippen LogP contribution in [-0.4, -0.2) is 4.98 Å². The zero-order valence-electron chi connectivity index (χ0n) is 8.51. The van der Waals surface area contributed by atoms with Crippen LogP contribution in [0.1, 0.15) is 16.8 Å². The van der Waals surface area contributed by atoms with Gasteiger partial charge in [-0.15, -0.1) is 0 Å². The molecular weight excluding hydrogens is 196 g/mol. The van der Waals surface area contributed by atoms with Gasteiger partial charge in [0.2, 0.25) is 0 Å². The van der Waals surface area contributed by atoms with Gasteiger partial charge in [0.25, 0.3) is 0 Å². The largest absolute Gasteiger partial charge is 0.246 e. The Bertz CT molecular complexity index is 566. The molecule has 2 rings (SSSR count). The smallest absolute Gasteiger partial charge is 0.113 e. The van der Waals surface area contributed by atoms with Crippen LogP contribution in [0.3, 0.4) is 0 Å². The normalized spacial score (nSPS) is 8.69. The van der Waals surface area contributed by atoms with Crippen LogP contribution in [0.4, 0.5) is 0 Å². The number of rotatable bonds is 0. The molecule has 74 valence electrons. The molecule has 0 aliphatic carbocycles. The Kier molecular flexibility index (Phi) is 2.97. The van der Waals surface area contributed by atoms with Gasteiger partial charge in [0.15, 0.2) is 0 Å². The van der Waals surface area contributed by atoms with Crippen LogP contribution in [0, 0.1) is 23.2 Å². The van der Waals surface area contributed by atoms with E-state index >= 15 is 0 Å². The zero-order chi connectivity index (χ0) is 11.2. The highest BCUT2D eigenvalue weighted by molar-refractivity contribution is 5.40. The minimum Gasteiger partial charge on any atom is -0.246 e. The molecule has 1 heterocycles. The summed E-state index contributed by atoms with van der Waals surface area (Å²) in [4.78, 5) is 4.07. The maximum absolute atomic E-state index is 8.61. The fourth-order valence-electron chi connectivity index (χ4n) is 1.19. The number of nitrogens with zero attached hydrogens (tertiary/aromatic N) is 2. The van der Waals surface area contributed by atoms with Crippen LogP contribution in [0.25, 0.3) is 0 Å². The van der Waals surface area contributed by atoms with Gasteiger partial charge in [-0.05, 0) is 30.2 Å². The number of aromatic nitrogens is 1. The number of benzene rings is 1.